The first-order valence-electron chi connectivity index (χ1n) is 8.27. The normalized spacial score (nSPS) is 12.8. The van der Waals surface area contributed by atoms with E-state index in [2.05, 4.69) is 43.4 Å². The molecule has 22 heavy (non-hydrogen) atoms. The minimum Gasteiger partial charge on any atom is -0.481 e. The first-order valence-corrected chi connectivity index (χ1v) is 8.27. The molecular weight excluding hydrogens is 272 g/mol. The number of hydrogen-bond donors (Lipinski definition) is 1. The Morgan fingerprint density at radius 3 is 2.00 bits per heavy atom. The highest BCUT2D eigenvalue weighted by molar-refractivity contribution is 5.66. The molecule has 0 amide bonds. The van der Waals surface area contributed by atoms with Gasteiger partial charge in [-0.15, -0.1) is 0 Å². The van der Waals surface area contributed by atoms with Gasteiger partial charge in [0.05, 0.1) is 0 Å². The zero-order valence-corrected chi connectivity index (χ0v) is 13.8. The average Bonchev–Trinajstić information content (AvgIpc) is 2.50. The van der Waals surface area contributed by atoms with E-state index in [1.165, 1.54) is 6.42 Å². The summed E-state index contributed by atoms with van der Waals surface area (Å²) in [5, 5.41) is 8.48. The number of carbonyl (C=O) groups is 1. The summed E-state index contributed by atoms with van der Waals surface area (Å²) in [4.78, 5) is 10.3. The lowest BCUT2D eigenvalue weighted by molar-refractivity contribution is -0.137. The van der Waals surface area contributed by atoms with Crippen LogP contribution >= 0.6 is 0 Å². The molecule has 0 atom stereocenters. The quantitative estimate of drug-likeness (QED) is 0.258. The van der Waals surface area contributed by atoms with Crippen LogP contribution in [0.3, 0.4) is 0 Å². The molecule has 0 rings (SSSR count). The highest BCUT2D eigenvalue weighted by atomic mass is 16.4. The van der Waals surface area contributed by atoms with Gasteiger partial charge in [0.1, 0.15) is 0 Å². The van der Waals surface area contributed by atoms with E-state index in [1.54, 1.807) is 0 Å². The lowest BCUT2D eigenvalue weighted by atomic mass is 10.2. The topological polar surface area (TPSA) is 37.3 Å². The third-order valence-corrected chi connectivity index (χ3v) is 2.95. The summed E-state index contributed by atoms with van der Waals surface area (Å²) in [5.74, 6) is -0.723. The maximum atomic E-state index is 10.3. The largest absolute Gasteiger partial charge is 0.481 e. The predicted molar refractivity (Wildman–Crippen MR) is 95.9 cm³/mol. The molecule has 0 bridgehead atoms. The molecule has 122 valence electrons. The molecule has 0 unspecified atom stereocenters. The first-order chi connectivity index (χ1) is 10.8. The summed E-state index contributed by atoms with van der Waals surface area (Å²) in [7, 11) is 0. The van der Waals surface area contributed by atoms with Crippen LogP contribution in [0.4, 0.5) is 0 Å². The summed E-state index contributed by atoms with van der Waals surface area (Å²) in [5.41, 5.74) is 0. The molecule has 0 radical (unpaired) electrons. The number of aliphatic carboxylic acids is 1. The average molecular weight is 302 g/mol. The summed E-state index contributed by atoms with van der Waals surface area (Å²) < 4.78 is 0. The minimum atomic E-state index is -0.723. The van der Waals surface area contributed by atoms with E-state index in [0.717, 1.165) is 32.1 Å². The fraction of sp³-hybridized carbons (Fsp3) is 0.450. The van der Waals surface area contributed by atoms with Gasteiger partial charge < -0.3 is 5.11 Å². The molecule has 0 aliphatic heterocycles. The van der Waals surface area contributed by atoms with E-state index < -0.39 is 5.97 Å². The van der Waals surface area contributed by atoms with Gasteiger partial charge in [0.15, 0.2) is 0 Å². The van der Waals surface area contributed by atoms with Gasteiger partial charge >= 0.3 is 5.97 Å². The Kier molecular flexibility index (Phi) is 15.8. The smallest absolute Gasteiger partial charge is 0.303 e. The maximum absolute atomic E-state index is 10.3. The van der Waals surface area contributed by atoms with E-state index in [9.17, 15) is 4.79 Å². The highest BCUT2D eigenvalue weighted by Crippen LogP contribution is 2.00. The fourth-order valence-corrected chi connectivity index (χ4v) is 1.76. The molecule has 0 heterocycles. The molecule has 0 saturated heterocycles. The Morgan fingerprint density at radius 2 is 1.36 bits per heavy atom. The molecule has 2 nitrogen and oxygen atoms in total. The molecule has 1 N–H and O–H groups in total. The van der Waals surface area contributed by atoms with Crippen LogP contribution in [-0.4, -0.2) is 11.1 Å². The lowest BCUT2D eigenvalue weighted by Crippen LogP contribution is -1.92. The zero-order chi connectivity index (χ0) is 16.3. The molecule has 0 aromatic carbocycles. The van der Waals surface area contributed by atoms with Crippen molar-refractivity contribution >= 4 is 5.97 Å². The van der Waals surface area contributed by atoms with Crippen LogP contribution < -0.4 is 0 Å². The van der Waals surface area contributed by atoms with Crippen LogP contribution in [0.15, 0.2) is 60.8 Å². The fourth-order valence-electron chi connectivity index (χ4n) is 1.76. The number of carboxylic acid groups (broad SMARTS) is 1. The first kappa shape index (κ1) is 20.2. The highest BCUT2D eigenvalue weighted by Gasteiger charge is 1.92. The minimum absolute atomic E-state index is 0.247. The standard InChI is InChI=1S/C20H30O2/c1-2-3-4-5-6-7-8-9-10-11-12-13-14-15-16-17-18-19-20(21)22/h3-4,6-7,11-16H,2,5,8-10,17-19H2,1H3,(H,21,22)/b4-3-,7-6-,12-11+,14-13+,16-15-. The molecule has 0 fully saturated rings. The molecular formula is C20H30O2. The SMILES string of the molecule is CC/C=C\C/C=C\CCC/C=C/C=C/C=C\CCCC(=O)O. The van der Waals surface area contributed by atoms with Gasteiger partial charge in [-0.2, -0.15) is 0 Å². The van der Waals surface area contributed by atoms with Gasteiger partial charge in [0, 0.05) is 6.42 Å². The number of rotatable bonds is 13. The summed E-state index contributed by atoms with van der Waals surface area (Å²) in [6, 6.07) is 0. The molecule has 0 aromatic heterocycles. The Balaban J connectivity index is 3.46. The second-order valence-electron chi connectivity index (χ2n) is 5.04. The van der Waals surface area contributed by atoms with Crippen LogP contribution in [-0.2, 0) is 4.79 Å². The van der Waals surface area contributed by atoms with E-state index in [0.29, 0.717) is 6.42 Å². The lowest BCUT2D eigenvalue weighted by Gasteiger charge is -1.89. The number of hydrogen-bond acceptors (Lipinski definition) is 1. The van der Waals surface area contributed by atoms with Crippen LogP contribution in [0.25, 0.3) is 0 Å². The zero-order valence-electron chi connectivity index (χ0n) is 13.8. The Labute approximate surface area is 135 Å². The monoisotopic (exact) mass is 302 g/mol. The molecule has 0 spiro atoms. The van der Waals surface area contributed by atoms with Crippen molar-refractivity contribution in [1.29, 1.82) is 0 Å². The van der Waals surface area contributed by atoms with Crippen LogP contribution in [0.5, 0.6) is 0 Å². The van der Waals surface area contributed by atoms with Crippen LogP contribution in [0.2, 0.25) is 0 Å². The third kappa shape index (κ3) is 18.2. The third-order valence-electron chi connectivity index (χ3n) is 2.95. The van der Waals surface area contributed by atoms with Gasteiger partial charge in [-0.1, -0.05) is 67.7 Å². The molecule has 0 saturated carbocycles. The molecule has 0 aliphatic carbocycles. The van der Waals surface area contributed by atoms with Crippen molar-refractivity contribution in [3.05, 3.63) is 60.8 Å². The summed E-state index contributed by atoms with van der Waals surface area (Å²) >= 11 is 0. The number of allylic oxidation sites excluding steroid dienone is 10. The van der Waals surface area contributed by atoms with Crippen molar-refractivity contribution in [2.45, 2.75) is 58.3 Å². The van der Waals surface area contributed by atoms with E-state index in [4.69, 9.17) is 5.11 Å². The van der Waals surface area contributed by atoms with Gasteiger partial charge in [-0.05, 0) is 44.9 Å². The van der Waals surface area contributed by atoms with Gasteiger partial charge in [-0.3, -0.25) is 4.79 Å². The van der Waals surface area contributed by atoms with Crippen molar-refractivity contribution < 1.29 is 9.90 Å². The Hall–Kier alpha value is -1.83. The molecule has 0 aliphatic rings. The summed E-state index contributed by atoms with van der Waals surface area (Å²) in [6.45, 7) is 2.15. The summed E-state index contributed by atoms with van der Waals surface area (Å²) in [6.07, 6.45) is 28.5. The molecule has 0 aromatic rings. The van der Waals surface area contributed by atoms with E-state index in [-0.39, 0.29) is 6.42 Å². The van der Waals surface area contributed by atoms with Crippen LogP contribution in [0, 0.1) is 0 Å². The maximum Gasteiger partial charge on any atom is 0.303 e. The second-order valence-corrected chi connectivity index (χ2v) is 5.04. The van der Waals surface area contributed by atoms with Crippen molar-refractivity contribution in [2.75, 3.05) is 0 Å². The number of carboxylic acids is 1. The Morgan fingerprint density at radius 1 is 0.773 bits per heavy atom. The second kappa shape index (κ2) is 17.2. The van der Waals surface area contributed by atoms with Gasteiger partial charge in [0.25, 0.3) is 0 Å². The van der Waals surface area contributed by atoms with Crippen molar-refractivity contribution in [3.63, 3.8) is 0 Å². The van der Waals surface area contributed by atoms with Crippen molar-refractivity contribution in [2.24, 2.45) is 0 Å². The predicted octanol–water partition coefficient (Wildman–Crippen LogP) is 5.99. The van der Waals surface area contributed by atoms with E-state index >= 15 is 0 Å². The number of unbranched alkanes of at least 4 members (excludes halogenated alkanes) is 3. The van der Waals surface area contributed by atoms with Crippen LogP contribution in [0.1, 0.15) is 58.3 Å². The van der Waals surface area contributed by atoms with Gasteiger partial charge in [0.2, 0.25) is 0 Å². The van der Waals surface area contributed by atoms with Gasteiger partial charge in [-0.25, -0.2) is 0 Å². The van der Waals surface area contributed by atoms with Crippen molar-refractivity contribution in [1.82, 2.24) is 0 Å². The van der Waals surface area contributed by atoms with E-state index in [1.807, 2.05) is 24.3 Å². The molecule has 2 heteroatoms. The Bertz CT molecular complexity index is 398. The van der Waals surface area contributed by atoms with Crippen molar-refractivity contribution in [3.8, 4) is 0 Å².